The predicted octanol–water partition coefficient (Wildman–Crippen LogP) is 2.01. The molecule has 1 amide bonds. The summed E-state index contributed by atoms with van der Waals surface area (Å²) in [6.07, 6.45) is 1.03. The van der Waals surface area contributed by atoms with Crippen molar-refractivity contribution in [1.82, 2.24) is 10.6 Å². The van der Waals surface area contributed by atoms with Crippen LogP contribution in [-0.2, 0) is 4.79 Å². The normalized spacial score (nSPS) is 12.0. The molecule has 0 saturated heterocycles. The van der Waals surface area contributed by atoms with Crippen LogP contribution in [0.5, 0.6) is 5.75 Å². The Bertz CT molecular complexity index is 424. The second-order valence-electron chi connectivity index (χ2n) is 4.33. The first-order valence-corrected chi connectivity index (χ1v) is 6.44. The molecule has 0 spiro atoms. The summed E-state index contributed by atoms with van der Waals surface area (Å²) in [6, 6.07) is 4.88. The molecule has 1 rings (SSSR count). The van der Waals surface area contributed by atoms with Gasteiger partial charge in [0.25, 0.3) is 5.91 Å². The third-order valence-corrected chi connectivity index (χ3v) is 2.79. The van der Waals surface area contributed by atoms with Crippen LogP contribution in [0.2, 0.25) is 0 Å². The Hall–Kier alpha value is -1.62. The maximum absolute atomic E-state index is 13.8. The van der Waals surface area contributed by atoms with Crippen LogP contribution in [0.1, 0.15) is 31.9 Å². The van der Waals surface area contributed by atoms with Gasteiger partial charge < -0.3 is 15.4 Å². The van der Waals surface area contributed by atoms with Crippen LogP contribution in [0.3, 0.4) is 0 Å². The van der Waals surface area contributed by atoms with Gasteiger partial charge in [-0.3, -0.25) is 4.79 Å². The van der Waals surface area contributed by atoms with Gasteiger partial charge >= 0.3 is 0 Å². The van der Waals surface area contributed by atoms with E-state index in [1.165, 1.54) is 13.1 Å². The van der Waals surface area contributed by atoms with Crippen LogP contribution >= 0.6 is 0 Å². The van der Waals surface area contributed by atoms with Gasteiger partial charge in [-0.15, -0.1) is 0 Å². The van der Waals surface area contributed by atoms with Crippen molar-refractivity contribution in [3.63, 3.8) is 0 Å². The molecule has 106 valence electrons. The molecule has 0 aliphatic rings. The molecule has 0 aromatic heterocycles. The van der Waals surface area contributed by atoms with E-state index in [4.69, 9.17) is 4.74 Å². The maximum atomic E-state index is 13.8. The fraction of sp³-hybridized carbons (Fsp3) is 0.500. The number of hydrogen-bond donors (Lipinski definition) is 2. The van der Waals surface area contributed by atoms with Crippen LogP contribution < -0.4 is 15.4 Å². The highest BCUT2D eigenvalue weighted by atomic mass is 19.1. The molecular formula is C14H21FN2O2. The van der Waals surface area contributed by atoms with E-state index in [-0.39, 0.29) is 24.3 Å². The largest absolute Gasteiger partial charge is 0.481 e. The molecule has 0 bridgehead atoms. The van der Waals surface area contributed by atoms with Gasteiger partial charge in [-0.25, -0.2) is 4.39 Å². The van der Waals surface area contributed by atoms with Crippen molar-refractivity contribution in [2.24, 2.45) is 0 Å². The Morgan fingerprint density at radius 1 is 1.47 bits per heavy atom. The molecule has 1 aromatic carbocycles. The van der Waals surface area contributed by atoms with E-state index >= 15 is 0 Å². The third kappa shape index (κ3) is 4.87. The third-order valence-electron chi connectivity index (χ3n) is 2.79. The van der Waals surface area contributed by atoms with Gasteiger partial charge in [-0.05, 0) is 37.6 Å². The molecule has 0 aliphatic carbocycles. The quantitative estimate of drug-likeness (QED) is 0.795. The number of ether oxygens (including phenoxy) is 1. The van der Waals surface area contributed by atoms with Gasteiger partial charge in [0.05, 0.1) is 0 Å². The minimum atomic E-state index is -0.452. The summed E-state index contributed by atoms with van der Waals surface area (Å²) in [5, 5.41) is 5.69. The zero-order valence-electron chi connectivity index (χ0n) is 11.6. The summed E-state index contributed by atoms with van der Waals surface area (Å²) in [7, 11) is 1.51. The molecule has 0 heterocycles. The molecule has 1 aromatic rings. The first kappa shape index (κ1) is 15.4. The summed E-state index contributed by atoms with van der Waals surface area (Å²) in [5.74, 6) is -0.650. The number of halogens is 1. The van der Waals surface area contributed by atoms with Crippen molar-refractivity contribution in [1.29, 1.82) is 0 Å². The molecule has 0 saturated carbocycles. The Kier molecular flexibility index (Phi) is 6.29. The second kappa shape index (κ2) is 7.74. The van der Waals surface area contributed by atoms with Crippen LogP contribution in [0, 0.1) is 5.82 Å². The van der Waals surface area contributed by atoms with E-state index in [0.717, 1.165) is 18.5 Å². The van der Waals surface area contributed by atoms with E-state index < -0.39 is 5.82 Å². The van der Waals surface area contributed by atoms with Crippen molar-refractivity contribution in [3.8, 4) is 5.75 Å². The van der Waals surface area contributed by atoms with E-state index in [1.54, 1.807) is 12.1 Å². The number of carbonyl (C=O) groups excluding carboxylic acids is 1. The molecule has 1 unspecified atom stereocenters. The van der Waals surface area contributed by atoms with Crippen molar-refractivity contribution in [2.75, 3.05) is 20.2 Å². The summed E-state index contributed by atoms with van der Waals surface area (Å²) >= 11 is 0. The highest BCUT2D eigenvalue weighted by Gasteiger charge is 2.10. The second-order valence-corrected chi connectivity index (χ2v) is 4.33. The first-order valence-electron chi connectivity index (χ1n) is 6.44. The monoisotopic (exact) mass is 268 g/mol. The number of benzene rings is 1. The van der Waals surface area contributed by atoms with Gasteiger partial charge in [-0.1, -0.05) is 13.0 Å². The highest BCUT2D eigenvalue weighted by molar-refractivity contribution is 5.77. The van der Waals surface area contributed by atoms with E-state index in [2.05, 4.69) is 17.6 Å². The topological polar surface area (TPSA) is 50.4 Å². The first-order chi connectivity index (χ1) is 9.08. The highest BCUT2D eigenvalue weighted by Crippen LogP contribution is 2.22. The fourth-order valence-corrected chi connectivity index (χ4v) is 1.60. The standard InChI is InChI=1S/C14H21FN2O2/c1-4-7-17-10(2)11-5-6-13(12(15)8-11)19-9-14(18)16-3/h5-6,8,10,17H,4,7,9H2,1-3H3,(H,16,18). The molecule has 19 heavy (non-hydrogen) atoms. The number of likely N-dealkylation sites (N-methyl/N-ethyl adjacent to an activating group) is 1. The summed E-state index contributed by atoms with van der Waals surface area (Å²) in [4.78, 5) is 11.0. The zero-order valence-corrected chi connectivity index (χ0v) is 11.6. The lowest BCUT2D eigenvalue weighted by atomic mass is 10.1. The van der Waals surface area contributed by atoms with Crippen LogP contribution in [-0.4, -0.2) is 26.1 Å². The van der Waals surface area contributed by atoms with Gasteiger partial charge in [0.1, 0.15) is 0 Å². The van der Waals surface area contributed by atoms with Crippen molar-refractivity contribution in [3.05, 3.63) is 29.6 Å². The molecule has 5 heteroatoms. The Morgan fingerprint density at radius 3 is 2.79 bits per heavy atom. The number of rotatable bonds is 7. The lowest BCUT2D eigenvalue weighted by molar-refractivity contribution is -0.122. The average Bonchev–Trinajstić information content (AvgIpc) is 2.42. The van der Waals surface area contributed by atoms with Crippen LogP contribution in [0.4, 0.5) is 4.39 Å². The average molecular weight is 268 g/mol. The van der Waals surface area contributed by atoms with E-state index in [0.29, 0.717) is 0 Å². The Morgan fingerprint density at radius 2 is 2.21 bits per heavy atom. The van der Waals surface area contributed by atoms with E-state index in [9.17, 15) is 9.18 Å². The van der Waals surface area contributed by atoms with Gasteiger partial charge in [0.2, 0.25) is 0 Å². The smallest absolute Gasteiger partial charge is 0.257 e. The van der Waals surface area contributed by atoms with Gasteiger partial charge in [-0.2, -0.15) is 0 Å². The SMILES string of the molecule is CCCNC(C)c1ccc(OCC(=O)NC)c(F)c1. The molecule has 0 fully saturated rings. The summed E-state index contributed by atoms with van der Waals surface area (Å²) < 4.78 is 18.9. The number of carbonyl (C=O) groups is 1. The van der Waals surface area contributed by atoms with Crippen molar-refractivity contribution < 1.29 is 13.9 Å². The molecule has 0 aliphatic heterocycles. The van der Waals surface area contributed by atoms with Crippen molar-refractivity contribution in [2.45, 2.75) is 26.3 Å². The van der Waals surface area contributed by atoms with Gasteiger partial charge in [0.15, 0.2) is 18.2 Å². The summed E-state index contributed by atoms with van der Waals surface area (Å²) in [6.45, 7) is 4.76. The molecule has 2 N–H and O–H groups in total. The van der Waals surface area contributed by atoms with Crippen LogP contribution in [0.25, 0.3) is 0 Å². The predicted molar refractivity (Wildman–Crippen MR) is 72.7 cm³/mol. The minimum Gasteiger partial charge on any atom is -0.481 e. The maximum Gasteiger partial charge on any atom is 0.257 e. The molecule has 0 radical (unpaired) electrons. The fourth-order valence-electron chi connectivity index (χ4n) is 1.60. The lowest BCUT2D eigenvalue weighted by Crippen LogP contribution is -2.25. The van der Waals surface area contributed by atoms with E-state index in [1.807, 2.05) is 6.92 Å². The Balaban J connectivity index is 2.66. The molecule has 4 nitrogen and oxygen atoms in total. The number of nitrogens with one attached hydrogen (secondary N) is 2. The molecule has 1 atom stereocenters. The van der Waals surface area contributed by atoms with Gasteiger partial charge in [0, 0.05) is 13.1 Å². The molecular weight excluding hydrogens is 247 g/mol. The van der Waals surface area contributed by atoms with Crippen molar-refractivity contribution >= 4 is 5.91 Å². The zero-order chi connectivity index (χ0) is 14.3. The number of hydrogen-bond acceptors (Lipinski definition) is 3. The number of amides is 1. The Labute approximate surface area is 113 Å². The summed E-state index contributed by atoms with van der Waals surface area (Å²) in [5.41, 5.74) is 0.859. The minimum absolute atomic E-state index is 0.0856. The van der Waals surface area contributed by atoms with Crippen LogP contribution in [0.15, 0.2) is 18.2 Å². The lowest BCUT2D eigenvalue weighted by Gasteiger charge is -2.15.